The number of oxime groups is 1. The summed E-state index contributed by atoms with van der Waals surface area (Å²) in [6, 6.07) is 7.93. The fourth-order valence-electron chi connectivity index (χ4n) is 2.24. The number of anilines is 2. The van der Waals surface area contributed by atoms with Gasteiger partial charge in [0, 0.05) is 18.4 Å². The zero-order valence-electron chi connectivity index (χ0n) is 12.1. The molecule has 0 aliphatic heterocycles. The largest absolute Gasteiger partial charge is 0.409 e. The molecule has 21 heavy (non-hydrogen) atoms. The second kappa shape index (κ2) is 5.78. The second-order valence-electron chi connectivity index (χ2n) is 4.76. The van der Waals surface area contributed by atoms with E-state index in [0.717, 1.165) is 17.1 Å². The standard InChI is InChI=1S/C15H17FN4O/c1-9-8-13(14(10(2)18-9)15(17)19-21)20(3)12-6-4-11(16)5-7-12/h4-8,21H,1-3H3,(H2,17,19). The first-order chi connectivity index (χ1) is 9.93. The Morgan fingerprint density at radius 1 is 1.29 bits per heavy atom. The molecule has 1 heterocycles. The Kier molecular flexibility index (Phi) is 4.07. The molecular weight excluding hydrogens is 271 g/mol. The molecule has 0 saturated carbocycles. The van der Waals surface area contributed by atoms with E-state index in [2.05, 4.69) is 10.1 Å². The molecule has 1 aromatic heterocycles. The molecular formula is C15H17FN4O. The Morgan fingerprint density at radius 3 is 2.48 bits per heavy atom. The first kappa shape index (κ1) is 14.8. The zero-order chi connectivity index (χ0) is 15.6. The minimum absolute atomic E-state index is 0.0102. The fourth-order valence-corrected chi connectivity index (χ4v) is 2.24. The van der Waals surface area contributed by atoms with E-state index in [-0.39, 0.29) is 11.7 Å². The summed E-state index contributed by atoms with van der Waals surface area (Å²) in [6.45, 7) is 3.66. The molecule has 1 aromatic carbocycles. The van der Waals surface area contributed by atoms with Crippen molar-refractivity contribution in [3.05, 3.63) is 53.1 Å². The Morgan fingerprint density at radius 2 is 1.90 bits per heavy atom. The van der Waals surface area contributed by atoms with Crippen molar-refractivity contribution in [2.75, 3.05) is 11.9 Å². The Hall–Kier alpha value is -2.63. The number of hydrogen-bond acceptors (Lipinski definition) is 4. The minimum atomic E-state index is -0.300. The number of nitrogens with zero attached hydrogens (tertiary/aromatic N) is 3. The molecule has 0 saturated heterocycles. The van der Waals surface area contributed by atoms with Gasteiger partial charge >= 0.3 is 0 Å². The van der Waals surface area contributed by atoms with Crippen molar-refractivity contribution in [3.8, 4) is 0 Å². The van der Waals surface area contributed by atoms with Crippen LogP contribution in [-0.2, 0) is 0 Å². The topological polar surface area (TPSA) is 74.7 Å². The van der Waals surface area contributed by atoms with Gasteiger partial charge in [0.2, 0.25) is 0 Å². The van der Waals surface area contributed by atoms with Gasteiger partial charge in [0.05, 0.1) is 16.9 Å². The summed E-state index contributed by atoms with van der Waals surface area (Å²) in [5, 5.41) is 12.0. The first-order valence-electron chi connectivity index (χ1n) is 6.39. The van der Waals surface area contributed by atoms with Crippen LogP contribution in [0.3, 0.4) is 0 Å². The molecule has 0 fully saturated rings. The highest BCUT2D eigenvalue weighted by molar-refractivity contribution is 6.03. The maximum absolute atomic E-state index is 13.0. The second-order valence-corrected chi connectivity index (χ2v) is 4.76. The van der Waals surface area contributed by atoms with Crippen molar-refractivity contribution in [3.63, 3.8) is 0 Å². The summed E-state index contributed by atoms with van der Waals surface area (Å²) in [5.74, 6) is -0.310. The monoisotopic (exact) mass is 288 g/mol. The maximum Gasteiger partial charge on any atom is 0.174 e. The van der Waals surface area contributed by atoms with Gasteiger partial charge in [-0.2, -0.15) is 0 Å². The van der Waals surface area contributed by atoms with E-state index >= 15 is 0 Å². The number of aromatic nitrogens is 1. The van der Waals surface area contributed by atoms with Gasteiger partial charge in [-0.25, -0.2) is 4.39 Å². The highest BCUT2D eigenvalue weighted by Crippen LogP contribution is 2.29. The van der Waals surface area contributed by atoms with Crippen LogP contribution in [-0.4, -0.2) is 23.1 Å². The molecule has 0 atom stereocenters. The third-order valence-corrected chi connectivity index (χ3v) is 3.25. The van der Waals surface area contributed by atoms with E-state index in [1.165, 1.54) is 12.1 Å². The predicted molar refractivity (Wildman–Crippen MR) is 80.7 cm³/mol. The number of amidine groups is 1. The molecule has 0 amide bonds. The molecule has 0 spiro atoms. The number of hydrogen-bond donors (Lipinski definition) is 2. The van der Waals surface area contributed by atoms with E-state index in [0.29, 0.717) is 11.3 Å². The van der Waals surface area contributed by atoms with Gasteiger partial charge < -0.3 is 15.8 Å². The highest BCUT2D eigenvalue weighted by Gasteiger charge is 2.17. The van der Waals surface area contributed by atoms with Gasteiger partial charge in [0.1, 0.15) is 5.82 Å². The summed E-state index contributed by atoms with van der Waals surface area (Å²) in [4.78, 5) is 6.18. The van der Waals surface area contributed by atoms with Gasteiger partial charge in [-0.05, 0) is 44.2 Å². The van der Waals surface area contributed by atoms with E-state index in [1.54, 1.807) is 19.1 Å². The molecule has 2 rings (SSSR count). The molecule has 5 nitrogen and oxygen atoms in total. The Labute approximate surface area is 122 Å². The molecule has 6 heteroatoms. The quantitative estimate of drug-likeness (QED) is 0.394. The molecule has 0 radical (unpaired) electrons. The highest BCUT2D eigenvalue weighted by atomic mass is 19.1. The summed E-state index contributed by atoms with van der Waals surface area (Å²) < 4.78 is 13.0. The van der Waals surface area contributed by atoms with Gasteiger partial charge in [0.25, 0.3) is 0 Å². The molecule has 110 valence electrons. The average Bonchev–Trinajstić information content (AvgIpc) is 2.45. The van der Waals surface area contributed by atoms with Crippen LogP contribution in [0, 0.1) is 19.7 Å². The summed E-state index contributed by atoms with van der Waals surface area (Å²) in [7, 11) is 1.83. The number of pyridine rings is 1. The van der Waals surface area contributed by atoms with Crippen LogP contribution in [0.4, 0.5) is 15.8 Å². The van der Waals surface area contributed by atoms with Crippen LogP contribution in [0.2, 0.25) is 0 Å². The minimum Gasteiger partial charge on any atom is -0.409 e. The smallest absolute Gasteiger partial charge is 0.174 e. The normalized spacial score (nSPS) is 11.5. The summed E-state index contributed by atoms with van der Waals surface area (Å²) >= 11 is 0. The number of halogens is 1. The van der Waals surface area contributed by atoms with Crippen molar-refractivity contribution in [1.82, 2.24) is 4.98 Å². The number of aryl methyl sites for hydroxylation is 2. The number of nitrogens with two attached hydrogens (primary N) is 1. The van der Waals surface area contributed by atoms with Gasteiger partial charge in [-0.3, -0.25) is 4.98 Å². The fraction of sp³-hybridized carbons (Fsp3) is 0.200. The van der Waals surface area contributed by atoms with Gasteiger partial charge in [0.15, 0.2) is 5.84 Å². The molecule has 0 bridgehead atoms. The van der Waals surface area contributed by atoms with Crippen LogP contribution in [0.1, 0.15) is 17.0 Å². The lowest BCUT2D eigenvalue weighted by Crippen LogP contribution is -2.22. The average molecular weight is 288 g/mol. The van der Waals surface area contributed by atoms with Crippen LogP contribution >= 0.6 is 0 Å². The van der Waals surface area contributed by atoms with E-state index < -0.39 is 0 Å². The van der Waals surface area contributed by atoms with Crippen LogP contribution in [0.5, 0.6) is 0 Å². The van der Waals surface area contributed by atoms with E-state index in [1.807, 2.05) is 24.9 Å². The Balaban J connectivity index is 2.59. The summed E-state index contributed by atoms with van der Waals surface area (Å²) in [6.07, 6.45) is 0. The van der Waals surface area contributed by atoms with Gasteiger partial charge in [-0.1, -0.05) is 5.16 Å². The van der Waals surface area contributed by atoms with E-state index in [9.17, 15) is 4.39 Å². The third kappa shape index (κ3) is 2.94. The maximum atomic E-state index is 13.0. The molecule has 3 N–H and O–H groups in total. The van der Waals surface area contributed by atoms with Gasteiger partial charge in [-0.15, -0.1) is 0 Å². The lowest BCUT2D eigenvalue weighted by Gasteiger charge is -2.23. The van der Waals surface area contributed by atoms with Crippen molar-refractivity contribution < 1.29 is 9.60 Å². The number of benzene rings is 1. The van der Waals surface area contributed by atoms with Crippen LogP contribution in [0.25, 0.3) is 0 Å². The molecule has 2 aromatic rings. The molecule has 0 aliphatic carbocycles. The third-order valence-electron chi connectivity index (χ3n) is 3.25. The van der Waals surface area contributed by atoms with Crippen molar-refractivity contribution in [2.45, 2.75) is 13.8 Å². The first-order valence-corrected chi connectivity index (χ1v) is 6.39. The number of rotatable bonds is 3. The SMILES string of the molecule is Cc1cc(N(C)c2ccc(F)cc2)c(/C(N)=N/O)c(C)n1. The molecule has 0 aliphatic rings. The van der Waals surface area contributed by atoms with E-state index in [4.69, 9.17) is 10.9 Å². The lowest BCUT2D eigenvalue weighted by atomic mass is 10.1. The lowest BCUT2D eigenvalue weighted by molar-refractivity contribution is 0.318. The van der Waals surface area contributed by atoms with Crippen molar-refractivity contribution in [1.29, 1.82) is 0 Å². The van der Waals surface area contributed by atoms with Crippen molar-refractivity contribution >= 4 is 17.2 Å². The molecule has 0 unspecified atom stereocenters. The predicted octanol–water partition coefficient (Wildman–Crippen LogP) is 2.70. The van der Waals surface area contributed by atoms with Crippen molar-refractivity contribution in [2.24, 2.45) is 10.9 Å². The Bertz CT molecular complexity index is 683. The zero-order valence-corrected chi connectivity index (χ0v) is 12.1. The van der Waals surface area contributed by atoms with Crippen LogP contribution in [0.15, 0.2) is 35.5 Å². The summed E-state index contributed by atoms with van der Waals surface area (Å²) in [5.41, 5.74) is 9.31. The van der Waals surface area contributed by atoms with Crippen LogP contribution < -0.4 is 10.6 Å².